The molecule has 7 heteroatoms. The van der Waals surface area contributed by atoms with Crippen LogP contribution in [0.3, 0.4) is 0 Å². The van der Waals surface area contributed by atoms with Gasteiger partial charge in [0.1, 0.15) is 6.61 Å². The summed E-state index contributed by atoms with van der Waals surface area (Å²) in [4.78, 5) is 11.6. The quantitative estimate of drug-likeness (QED) is 0.0560. The number of hydrogen-bond acceptors (Lipinski definition) is 7. The van der Waals surface area contributed by atoms with Crippen LogP contribution in [0.5, 0.6) is 0 Å². The van der Waals surface area contributed by atoms with E-state index in [1.807, 2.05) is 0 Å². The lowest BCUT2D eigenvalue weighted by Gasteiger charge is -2.08. The zero-order valence-corrected chi connectivity index (χ0v) is 26.6. The molecule has 0 saturated carbocycles. The number of carbonyl (C=O) groups excluding carboxylic acids is 1. The lowest BCUT2D eigenvalue weighted by molar-refractivity contribution is -0.145. The molecule has 7 nitrogen and oxygen atoms in total. The topological polar surface area (TPSA) is 72.5 Å². The van der Waals surface area contributed by atoms with Gasteiger partial charge in [-0.2, -0.15) is 0 Å². The van der Waals surface area contributed by atoms with Crippen LogP contribution in [-0.4, -0.2) is 78.6 Å². The summed E-state index contributed by atoms with van der Waals surface area (Å²) in [5.74, 6) is -0.130. The number of unbranched alkanes of at least 4 members (excludes halogenated alkanes) is 16. The summed E-state index contributed by atoms with van der Waals surface area (Å²) in [5.41, 5.74) is 0. The number of carbonyl (C=O) groups is 1. The Bertz CT molecular complexity index is 476. The molecule has 0 aliphatic heterocycles. The second-order valence-corrected chi connectivity index (χ2v) is 10.7. The highest BCUT2D eigenvalue weighted by molar-refractivity contribution is 5.69. The van der Waals surface area contributed by atoms with Gasteiger partial charge >= 0.3 is 5.97 Å². The van der Waals surface area contributed by atoms with Gasteiger partial charge in [0, 0.05) is 13.0 Å². The lowest BCUT2D eigenvalue weighted by atomic mass is 10.0. The first-order valence-corrected chi connectivity index (χ1v) is 16.9. The molecule has 0 heterocycles. The highest BCUT2D eigenvalue weighted by Crippen LogP contribution is 2.12. The minimum absolute atomic E-state index is 0.130. The highest BCUT2D eigenvalue weighted by atomic mass is 16.6. The van der Waals surface area contributed by atoms with Crippen LogP contribution in [0.4, 0.5) is 0 Å². The molecule has 0 unspecified atom stereocenters. The van der Waals surface area contributed by atoms with Gasteiger partial charge in [0.2, 0.25) is 0 Å². The van der Waals surface area contributed by atoms with Gasteiger partial charge in [-0.1, -0.05) is 117 Å². The molecule has 0 fully saturated rings. The van der Waals surface area contributed by atoms with Crippen LogP contribution in [0.15, 0.2) is 0 Å². The maximum Gasteiger partial charge on any atom is 0.305 e. The second kappa shape index (κ2) is 36.3. The minimum Gasteiger partial charge on any atom is -0.463 e. The first-order valence-electron chi connectivity index (χ1n) is 16.9. The number of hydrogen-bond donors (Lipinski definition) is 0. The van der Waals surface area contributed by atoms with Gasteiger partial charge in [-0.05, 0) is 12.8 Å². The van der Waals surface area contributed by atoms with Crippen LogP contribution in [0, 0.1) is 0 Å². The van der Waals surface area contributed by atoms with Crippen LogP contribution >= 0.6 is 0 Å². The Labute approximate surface area is 247 Å². The Hall–Kier alpha value is -0.730. The average Bonchev–Trinajstić information content (AvgIpc) is 2.96. The zero-order chi connectivity index (χ0) is 29.0. The molecule has 240 valence electrons. The zero-order valence-electron chi connectivity index (χ0n) is 26.6. The van der Waals surface area contributed by atoms with E-state index in [0.717, 1.165) is 25.9 Å². The van der Waals surface area contributed by atoms with Crippen LogP contribution in [0.25, 0.3) is 0 Å². The van der Waals surface area contributed by atoms with Crippen LogP contribution < -0.4 is 0 Å². The van der Waals surface area contributed by atoms with Gasteiger partial charge in [0.25, 0.3) is 0 Å². The molecule has 0 aliphatic rings. The van der Waals surface area contributed by atoms with Gasteiger partial charge in [0.15, 0.2) is 0 Å². The van der Waals surface area contributed by atoms with Crippen molar-refractivity contribution in [1.29, 1.82) is 0 Å². The molecular weight excluding hydrogens is 508 g/mol. The molecule has 0 aromatic carbocycles. The van der Waals surface area contributed by atoms with E-state index in [0.29, 0.717) is 72.5 Å². The molecule has 40 heavy (non-hydrogen) atoms. The summed E-state index contributed by atoms with van der Waals surface area (Å²) in [6, 6.07) is 0. The number of rotatable bonds is 35. The Morgan fingerprint density at radius 2 is 0.650 bits per heavy atom. The maximum atomic E-state index is 11.6. The smallest absolute Gasteiger partial charge is 0.305 e. The van der Waals surface area contributed by atoms with Crippen LogP contribution in [0.2, 0.25) is 0 Å². The molecule has 0 bridgehead atoms. The van der Waals surface area contributed by atoms with Crippen molar-refractivity contribution in [2.24, 2.45) is 0 Å². The Kier molecular flexibility index (Phi) is 35.6. The van der Waals surface area contributed by atoms with Gasteiger partial charge in [-0.3, -0.25) is 4.79 Å². The molecule has 0 spiro atoms. The summed E-state index contributed by atoms with van der Waals surface area (Å²) in [6.45, 7) is 10.5. The number of ether oxygens (including phenoxy) is 6. The Morgan fingerprint density at radius 3 is 1.05 bits per heavy atom. The first kappa shape index (κ1) is 39.3. The highest BCUT2D eigenvalue weighted by Gasteiger charge is 2.02. The first-order chi connectivity index (χ1) is 19.8. The van der Waals surface area contributed by atoms with Crippen LogP contribution in [0.1, 0.15) is 136 Å². The molecule has 0 amide bonds. The molecule has 0 aliphatic carbocycles. The second-order valence-electron chi connectivity index (χ2n) is 10.7. The third kappa shape index (κ3) is 35.3. The van der Waals surface area contributed by atoms with Gasteiger partial charge in [0.05, 0.1) is 59.5 Å². The normalized spacial score (nSPS) is 11.3. The predicted octanol–water partition coefficient (Wildman–Crippen LogP) is 8.06. The van der Waals surface area contributed by atoms with Crippen molar-refractivity contribution in [2.45, 2.75) is 136 Å². The average molecular weight is 575 g/mol. The van der Waals surface area contributed by atoms with Gasteiger partial charge < -0.3 is 28.4 Å². The monoisotopic (exact) mass is 574 g/mol. The van der Waals surface area contributed by atoms with E-state index in [1.165, 1.54) is 96.3 Å². The fourth-order valence-electron chi connectivity index (χ4n) is 4.36. The molecule has 0 N–H and O–H groups in total. The molecule has 0 aromatic rings. The van der Waals surface area contributed by atoms with Crippen molar-refractivity contribution < 1.29 is 33.2 Å². The van der Waals surface area contributed by atoms with Gasteiger partial charge in [-0.15, -0.1) is 0 Å². The predicted molar refractivity (Wildman–Crippen MR) is 164 cm³/mol. The molecule has 0 saturated heterocycles. The van der Waals surface area contributed by atoms with E-state index in [-0.39, 0.29) is 5.97 Å². The van der Waals surface area contributed by atoms with Crippen molar-refractivity contribution >= 4 is 5.97 Å². The van der Waals surface area contributed by atoms with E-state index in [9.17, 15) is 4.79 Å². The van der Waals surface area contributed by atoms with E-state index in [2.05, 4.69) is 13.8 Å². The third-order valence-electron chi connectivity index (χ3n) is 6.86. The molecule has 0 radical (unpaired) electrons. The van der Waals surface area contributed by atoms with E-state index >= 15 is 0 Å². The standard InChI is InChI=1S/C33H66O7/c1-3-5-7-9-10-11-12-13-14-15-16-18-20-22-35-23-24-36-25-26-37-27-28-38-29-30-39-31-32-40-33(34)21-19-17-8-6-4-2/h3-32H2,1-2H3. The van der Waals surface area contributed by atoms with Gasteiger partial charge in [-0.25, -0.2) is 0 Å². The fourth-order valence-corrected chi connectivity index (χ4v) is 4.36. The number of esters is 1. The summed E-state index contributed by atoms with van der Waals surface area (Å²) >= 11 is 0. The third-order valence-corrected chi connectivity index (χ3v) is 6.86. The summed E-state index contributed by atoms with van der Waals surface area (Å²) < 4.78 is 32.8. The van der Waals surface area contributed by atoms with E-state index in [4.69, 9.17) is 28.4 Å². The van der Waals surface area contributed by atoms with Crippen molar-refractivity contribution in [1.82, 2.24) is 0 Å². The molecule has 0 aromatic heterocycles. The molecule has 0 rings (SSSR count). The lowest BCUT2D eigenvalue weighted by Crippen LogP contribution is -2.15. The Balaban J connectivity index is 3.08. The summed E-state index contributed by atoms with van der Waals surface area (Å²) in [5, 5.41) is 0. The van der Waals surface area contributed by atoms with Crippen LogP contribution in [-0.2, 0) is 33.2 Å². The largest absolute Gasteiger partial charge is 0.463 e. The summed E-state index contributed by atoms with van der Waals surface area (Å²) in [6.07, 6.45) is 24.0. The van der Waals surface area contributed by atoms with E-state index < -0.39 is 0 Å². The Morgan fingerprint density at radius 1 is 0.350 bits per heavy atom. The van der Waals surface area contributed by atoms with Crippen molar-refractivity contribution in [3.8, 4) is 0 Å². The molecular formula is C33H66O7. The minimum atomic E-state index is -0.130. The van der Waals surface area contributed by atoms with Crippen molar-refractivity contribution in [3.05, 3.63) is 0 Å². The maximum absolute atomic E-state index is 11.6. The summed E-state index contributed by atoms with van der Waals surface area (Å²) in [7, 11) is 0. The van der Waals surface area contributed by atoms with Crippen molar-refractivity contribution in [2.75, 3.05) is 72.7 Å². The SMILES string of the molecule is CCCCCCCCCCCCCCCOCCOCCOCCOCCOCCOC(=O)CCCCCCC. The molecule has 0 atom stereocenters. The fraction of sp³-hybridized carbons (Fsp3) is 0.970. The van der Waals surface area contributed by atoms with E-state index in [1.54, 1.807) is 0 Å². The van der Waals surface area contributed by atoms with Crippen molar-refractivity contribution in [3.63, 3.8) is 0 Å².